The second-order valence-electron chi connectivity index (χ2n) is 3.97. The number of hydrogen-bond acceptors (Lipinski definition) is 3. The number of methoxy groups -OCH3 is 1. The molecule has 0 aromatic rings. The van der Waals surface area contributed by atoms with Crippen LogP contribution in [0.15, 0.2) is 0 Å². The van der Waals surface area contributed by atoms with E-state index in [4.69, 9.17) is 4.74 Å². The van der Waals surface area contributed by atoms with Gasteiger partial charge in [-0.2, -0.15) is 11.8 Å². The van der Waals surface area contributed by atoms with Gasteiger partial charge in [-0.3, -0.25) is 0 Å². The lowest BCUT2D eigenvalue weighted by molar-refractivity contribution is 0.200. The van der Waals surface area contributed by atoms with Gasteiger partial charge in [-0.15, -0.1) is 0 Å². The largest absolute Gasteiger partial charge is 0.383 e. The zero-order valence-corrected chi connectivity index (χ0v) is 10.1. The van der Waals surface area contributed by atoms with E-state index in [1.54, 1.807) is 7.11 Å². The summed E-state index contributed by atoms with van der Waals surface area (Å²) in [6.45, 7) is 2.94. The highest BCUT2D eigenvalue weighted by Crippen LogP contribution is 2.27. The molecule has 0 spiro atoms. The van der Waals surface area contributed by atoms with Crippen molar-refractivity contribution in [3.63, 3.8) is 0 Å². The van der Waals surface area contributed by atoms with Gasteiger partial charge < -0.3 is 10.1 Å². The zero-order valence-electron chi connectivity index (χ0n) is 9.26. The molecule has 1 rings (SSSR count). The van der Waals surface area contributed by atoms with E-state index in [0.717, 1.165) is 25.6 Å². The Bertz CT molecular complexity index is 126. The van der Waals surface area contributed by atoms with Crippen LogP contribution in [-0.2, 0) is 4.74 Å². The van der Waals surface area contributed by atoms with Crippen LogP contribution in [0.25, 0.3) is 0 Å². The van der Waals surface area contributed by atoms with Crippen molar-refractivity contribution in [2.45, 2.75) is 25.7 Å². The smallest absolute Gasteiger partial charge is 0.0587 e. The van der Waals surface area contributed by atoms with Crippen molar-refractivity contribution in [3.05, 3.63) is 0 Å². The third kappa shape index (κ3) is 5.89. The molecule has 0 heterocycles. The molecule has 1 aliphatic rings. The van der Waals surface area contributed by atoms with E-state index >= 15 is 0 Å². The molecule has 2 nitrogen and oxygen atoms in total. The first kappa shape index (κ1) is 12.3. The Morgan fingerprint density at radius 3 is 2.79 bits per heavy atom. The first-order valence-corrected chi connectivity index (χ1v) is 6.86. The van der Waals surface area contributed by atoms with Crippen molar-refractivity contribution in [2.24, 2.45) is 5.92 Å². The van der Waals surface area contributed by atoms with Crippen molar-refractivity contribution < 1.29 is 4.74 Å². The fourth-order valence-electron chi connectivity index (χ4n) is 1.87. The minimum Gasteiger partial charge on any atom is -0.383 e. The van der Waals surface area contributed by atoms with Crippen LogP contribution < -0.4 is 5.32 Å². The molecule has 0 saturated heterocycles. The van der Waals surface area contributed by atoms with Crippen molar-refractivity contribution >= 4 is 11.8 Å². The molecule has 1 saturated carbocycles. The molecule has 0 atom stereocenters. The third-order valence-electron chi connectivity index (χ3n) is 2.73. The Kier molecular flexibility index (Phi) is 7.55. The second-order valence-corrected chi connectivity index (χ2v) is 5.12. The minimum absolute atomic E-state index is 0.827. The molecule has 1 N–H and O–H groups in total. The third-order valence-corrected chi connectivity index (χ3v) is 3.93. The van der Waals surface area contributed by atoms with Crippen LogP contribution >= 0.6 is 11.8 Å². The maximum absolute atomic E-state index is 4.96. The van der Waals surface area contributed by atoms with Crippen molar-refractivity contribution in [1.29, 1.82) is 0 Å². The van der Waals surface area contributed by atoms with Gasteiger partial charge in [-0.05, 0) is 24.5 Å². The van der Waals surface area contributed by atoms with E-state index in [2.05, 4.69) is 17.1 Å². The van der Waals surface area contributed by atoms with Crippen molar-refractivity contribution in [3.8, 4) is 0 Å². The van der Waals surface area contributed by atoms with Gasteiger partial charge in [0.2, 0.25) is 0 Å². The van der Waals surface area contributed by atoms with Gasteiger partial charge in [0, 0.05) is 26.0 Å². The summed E-state index contributed by atoms with van der Waals surface area (Å²) in [5.74, 6) is 3.66. The molecule has 84 valence electrons. The topological polar surface area (TPSA) is 21.3 Å². The maximum atomic E-state index is 4.96. The van der Waals surface area contributed by atoms with E-state index in [1.165, 1.54) is 37.2 Å². The summed E-state index contributed by atoms with van der Waals surface area (Å²) < 4.78 is 4.96. The lowest BCUT2D eigenvalue weighted by atomic mass is 10.1. The standard InChI is InChI=1S/C11H23NOS/c1-13-8-6-12-7-9-14-10-11-4-2-3-5-11/h11-12H,2-10H2,1H3. The van der Waals surface area contributed by atoms with Gasteiger partial charge >= 0.3 is 0 Å². The highest BCUT2D eigenvalue weighted by molar-refractivity contribution is 7.99. The van der Waals surface area contributed by atoms with Crippen LogP contribution in [0.2, 0.25) is 0 Å². The second kappa shape index (κ2) is 8.57. The van der Waals surface area contributed by atoms with Crippen LogP contribution in [0, 0.1) is 5.92 Å². The van der Waals surface area contributed by atoms with Gasteiger partial charge in [0.15, 0.2) is 0 Å². The van der Waals surface area contributed by atoms with Crippen LogP contribution in [0.1, 0.15) is 25.7 Å². The highest BCUT2D eigenvalue weighted by atomic mass is 32.2. The zero-order chi connectivity index (χ0) is 10.1. The lowest BCUT2D eigenvalue weighted by Crippen LogP contribution is -2.22. The molecule has 0 unspecified atom stereocenters. The molecule has 0 bridgehead atoms. The Morgan fingerprint density at radius 2 is 2.07 bits per heavy atom. The predicted octanol–water partition coefficient (Wildman–Crippen LogP) is 2.15. The Hall–Kier alpha value is 0.270. The Morgan fingerprint density at radius 1 is 1.29 bits per heavy atom. The summed E-state index contributed by atoms with van der Waals surface area (Å²) in [4.78, 5) is 0. The van der Waals surface area contributed by atoms with E-state index in [1.807, 2.05) is 0 Å². The Balaban J connectivity index is 1.75. The van der Waals surface area contributed by atoms with Gasteiger partial charge in [0.25, 0.3) is 0 Å². The predicted molar refractivity (Wildman–Crippen MR) is 64.0 cm³/mol. The molecule has 1 aliphatic carbocycles. The number of thioether (sulfide) groups is 1. The molecule has 14 heavy (non-hydrogen) atoms. The average molecular weight is 217 g/mol. The molecule has 0 aromatic heterocycles. The minimum atomic E-state index is 0.827. The Labute approximate surface area is 92.2 Å². The maximum Gasteiger partial charge on any atom is 0.0587 e. The molecule has 3 heteroatoms. The summed E-state index contributed by atoms with van der Waals surface area (Å²) in [6.07, 6.45) is 5.89. The first-order chi connectivity index (χ1) is 6.93. The van der Waals surface area contributed by atoms with E-state index < -0.39 is 0 Å². The summed E-state index contributed by atoms with van der Waals surface area (Å²) in [6, 6.07) is 0. The van der Waals surface area contributed by atoms with E-state index in [9.17, 15) is 0 Å². The molecular formula is C11H23NOS. The number of nitrogens with one attached hydrogen (secondary N) is 1. The number of ether oxygens (including phenoxy) is 1. The normalized spacial score (nSPS) is 17.8. The van der Waals surface area contributed by atoms with E-state index in [-0.39, 0.29) is 0 Å². The summed E-state index contributed by atoms with van der Waals surface area (Å²) in [7, 11) is 1.75. The van der Waals surface area contributed by atoms with Gasteiger partial charge in [0.05, 0.1) is 6.61 Å². The van der Waals surface area contributed by atoms with Crippen molar-refractivity contribution in [1.82, 2.24) is 5.32 Å². The fourth-order valence-corrected chi connectivity index (χ4v) is 2.99. The average Bonchev–Trinajstić information content (AvgIpc) is 2.69. The summed E-state index contributed by atoms with van der Waals surface area (Å²) >= 11 is 2.11. The van der Waals surface area contributed by atoms with Crippen LogP contribution in [0.4, 0.5) is 0 Å². The van der Waals surface area contributed by atoms with Gasteiger partial charge in [-0.25, -0.2) is 0 Å². The SMILES string of the molecule is COCCNCCSCC1CCCC1. The molecule has 0 aliphatic heterocycles. The summed E-state index contributed by atoms with van der Waals surface area (Å²) in [5.41, 5.74) is 0. The quantitative estimate of drug-likeness (QED) is 0.630. The fraction of sp³-hybridized carbons (Fsp3) is 1.00. The molecule has 1 fully saturated rings. The monoisotopic (exact) mass is 217 g/mol. The van der Waals surface area contributed by atoms with E-state index in [0.29, 0.717) is 0 Å². The molecule has 0 radical (unpaired) electrons. The molecule has 0 aromatic carbocycles. The van der Waals surface area contributed by atoms with Crippen LogP contribution in [-0.4, -0.2) is 38.3 Å². The number of rotatable bonds is 8. The molecular weight excluding hydrogens is 194 g/mol. The van der Waals surface area contributed by atoms with Crippen LogP contribution in [0.5, 0.6) is 0 Å². The summed E-state index contributed by atoms with van der Waals surface area (Å²) in [5, 5.41) is 3.37. The van der Waals surface area contributed by atoms with Gasteiger partial charge in [0.1, 0.15) is 0 Å². The highest BCUT2D eigenvalue weighted by Gasteiger charge is 2.13. The lowest BCUT2D eigenvalue weighted by Gasteiger charge is -2.08. The van der Waals surface area contributed by atoms with Gasteiger partial charge in [-0.1, -0.05) is 12.8 Å². The van der Waals surface area contributed by atoms with Crippen molar-refractivity contribution in [2.75, 3.05) is 38.3 Å². The molecule has 0 amide bonds. The first-order valence-electron chi connectivity index (χ1n) is 5.71. The number of hydrogen-bond donors (Lipinski definition) is 1. The van der Waals surface area contributed by atoms with Crippen LogP contribution in [0.3, 0.4) is 0 Å².